The maximum atomic E-state index is 12.8. The first-order chi connectivity index (χ1) is 5.00. The second-order valence-corrected chi connectivity index (χ2v) is 2.63. The fourth-order valence-electron chi connectivity index (χ4n) is 0.809. The molecule has 0 aliphatic heterocycles. The summed E-state index contributed by atoms with van der Waals surface area (Å²) in [5, 5.41) is 0. The van der Waals surface area contributed by atoms with E-state index in [1.807, 2.05) is 6.92 Å². The molecule has 0 unspecified atom stereocenters. The maximum absolute atomic E-state index is 12.8. The predicted molar refractivity (Wildman–Crippen MR) is 42.3 cm³/mol. The Labute approximate surface area is 65.0 Å². The third kappa shape index (κ3) is 2.00. The summed E-state index contributed by atoms with van der Waals surface area (Å²) in [6, 6.07) is 6.69. The normalized spacial score (nSPS) is 11.6. The number of nitrogens with two attached hydrogens (primary N) is 2. The Bertz CT molecular complexity index is 235. The summed E-state index contributed by atoms with van der Waals surface area (Å²) in [7, 11) is 0. The molecule has 11 heavy (non-hydrogen) atoms. The highest BCUT2D eigenvalue weighted by molar-refractivity contribution is 5.24. The molecule has 0 atom stereocenters. The van der Waals surface area contributed by atoms with E-state index in [1.54, 1.807) is 24.3 Å². The lowest BCUT2D eigenvalue weighted by molar-refractivity contribution is 0.185. The minimum absolute atomic E-state index is 0.295. The molecule has 1 aromatic rings. The molecular weight excluding hydrogens is 143 g/mol. The van der Waals surface area contributed by atoms with E-state index >= 15 is 0 Å². The van der Waals surface area contributed by atoms with Crippen LogP contribution in [0.25, 0.3) is 0 Å². The average molecular weight is 154 g/mol. The number of aryl methyl sites for hydroxylation is 1. The van der Waals surface area contributed by atoms with E-state index in [4.69, 9.17) is 11.5 Å². The van der Waals surface area contributed by atoms with Crippen molar-refractivity contribution in [1.82, 2.24) is 0 Å². The van der Waals surface area contributed by atoms with Crippen LogP contribution >= 0.6 is 0 Å². The molecule has 1 aromatic carbocycles. The van der Waals surface area contributed by atoms with Crippen molar-refractivity contribution in [3.63, 3.8) is 0 Å². The molecule has 0 saturated heterocycles. The van der Waals surface area contributed by atoms with Crippen molar-refractivity contribution in [2.24, 2.45) is 11.5 Å². The van der Waals surface area contributed by atoms with E-state index in [2.05, 4.69) is 0 Å². The SMILES string of the molecule is Cc1ccc(C(N)(N)F)cc1. The van der Waals surface area contributed by atoms with E-state index in [-0.39, 0.29) is 0 Å². The molecule has 3 heteroatoms. The molecule has 1 rings (SSSR count). The molecule has 2 nitrogen and oxygen atoms in total. The van der Waals surface area contributed by atoms with Crippen LogP contribution in [0.1, 0.15) is 11.1 Å². The Morgan fingerprint density at radius 1 is 1.18 bits per heavy atom. The maximum Gasteiger partial charge on any atom is 0.237 e. The Balaban J connectivity index is 2.99. The van der Waals surface area contributed by atoms with Gasteiger partial charge in [-0.05, 0) is 6.92 Å². The van der Waals surface area contributed by atoms with Crippen molar-refractivity contribution in [3.05, 3.63) is 35.4 Å². The molecule has 0 heterocycles. The van der Waals surface area contributed by atoms with Gasteiger partial charge in [-0.3, -0.25) is 11.5 Å². The zero-order valence-corrected chi connectivity index (χ0v) is 6.34. The van der Waals surface area contributed by atoms with Gasteiger partial charge in [0, 0.05) is 5.56 Å². The van der Waals surface area contributed by atoms with Gasteiger partial charge in [0.25, 0.3) is 0 Å². The summed E-state index contributed by atoms with van der Waals surface area (Å²) in [4.78, 5) is 0. The summed E-state index contributed by atoms with van der Waals surface area (Å²) < 4.78 is 12.8. The minimum Gasteiger partial charge on any atom is -0.283 e. The van der Waals surface area contributed by atoms with Gasteiger partial charge in [-0.2, -0.15) is 0 Å². The molecule has 0 saturated carbocycles. The van der Waals surface area contributed by atoms with Gasteiger partial charge in [-0.1, -0.05) is 29.8 Å². The van der Waals surface area contributed by atoms with E-state index in [0.717, 1.165) is 5.56 Å². The van der Waals surface area contributed by atoms with Crippen molar-refractivity contribution < 1.29 is 4.39 Å². The van der Waals surface area contributed by atoms with Gasteiger partial charge in [-0.25, -0.2) is 4.39 Å². The number of alkyl halides is 1. The summed E-state index contributed by atoms with van der Waals surface area (Å²) >= 11 is 0. The van der Waals surface area contributed by atoms with E-state index in [9.17, 15) is 4.39 Å². The summed E-state index contributed by atoms with van der Waals surface area (Å²) in [5.74, 6) is -2.21. The summed E-state index contributed by atoms with van der Waals surface area (Å²) in [6.45, 7) is 1.91. The molecule has 0 radical (unpaired) electrons. The second-order valence-electron chi connectivity index (χ2n) is 2.63. The molecule has 0 amide bonds. The number of rotatable bonds is 1. The second kappa shape index (κ2) is 2.60. The van der Waals surface area contributed by atoms with Gasteiger partial charge in [0.2, 0.25) is 5.92 Å². The molecule has 4 N–H and O–H groups in total. The monoisotopic (exact) mass is 154 g/mol. The van der Waals surface area contributed by atoms with Gasteiger partial charge in [0.15, 0.2) is 0 Å². The molecular formula is C8H11FN2. The molecule has 0 aliphatic carbocycles. The van der Waals surface area contributed by atoms with Crippen LogP contribution in [0.5, 0.6) is 0 Å². The van der Waals surface area contributed by atoms with Gasteiger partial charge in [0.1, 0.15) is 0 Å². The van der Waals surface area contributed by atoms with Gasteiger partial charge in [-0.15, -0.1) is 0 Å². The van der Waals surface area contributed by atoms with E-state index < -0.39 is 5.92 Å². The van der Waals surface area contributed by atoms with Crippen LogP contribution in [-0.2, 0) is 5.92 Å². The number of hydrogen-bond donors (Lipinski definition) is 2. The molecule has 0 aromatic heterocycles. The van der Waals surface area contributed by atoms with Crippen molar-refractivity contribution in [1.29, 1.82) is 0 Å². The fourth-order valence-corrected chi connectivity index (χ4v) is 0.809. The minimum atomic E-state index is -2.21. The molecule has 0 spiro atoms. The lowest BCUT2D eigenvalue weighted by atomic mass is 10.1. The fraction of sp³-hybridized carbons (Fsp3) is 0.250. The van der Waals surface area contributed by atoms with Crippen LogP contribution < -0.4 is 11.5 Å². The first kappa shape index (κ1) is 8.17. The van der Waals surface area contributed by atoms with Gasteiger partial charge < -0.3 is 0 Å². The highest BCUT2D eigenvalue weighted by atomic mass is 19.1. The lowest BCUT2D eigenvalue weighted by Gasteiger charge is -2.13. The standard InChI is InChI=1S/C8H11FN2/c1-6-2-4-7(5-3-6)8(9,10)11/h2-5H,10-11H2,1H3. The number of benzene rings is 1. The Hall–Kier alpha value is -0.930. The third-order valence-corrected chi connectivity index (χ3v) is 1.49. The van der Waals surface area contributed by atoms with Crippen molar-refractivity contribution in [3.8, 4) is 0 Å². The van der Waals surface area contributed by atoms with Crippen LogP contribution in [0.3, 0.4) is 0 Å². The zero-order valence-electron chi connectivity index (χ0n) is 6.34. The Morgan fingerprint density at radius 2 is 1.64 bits per heavy atom. The Kier molecular flexibility index (Phi) is 1.93. The van der Waals surface area contributed by atoms with Crippen LogP contribution in [0.15, 0.2) is 24.3 Å². The van der Waals surface area contributed by atoms with Crippen LogP contribution in [0.2, 0.25) is 0 Å². The molecule has 0 aliphatic rings. The van der Waals surface area contributed by atoms with Crippen molar-refractivity contribution in [2.45, 2.75) is 12.8 Å². The average Bonchev–Trinajstić information content (AvgIpc) is 1.86. The summed E-state index contributed by atoms with van der Waals surface area (Å²) in [6.07, 6.45) is 0. The van der Waals surface area contributed by atoms with Crippen LogP contribution in [0, 0.1) is 6.92 Å². The first-order valence-electron chi connectivity index (χ1n) is 3.34. The zero-order chi connectivity index (χ0) is 8.48. The van der Waals surface area contributed by atoms with Crippen LogP contribution in [0.4, 0.5) is 4.39 Å². The largest absolute Gasteiger partial charge is 0.283 e. The van der Waals surface area contributed by atoms with Gasteiger partial charge in [0.05, 0.1) is 0 Å². The Morgan fingerprint density at radius 3 is 2.00 bits per heavy atom. The van der Waals surface area contributed by atoms with Gasteiger partial charge >= 0.3 is 0 Å². The third-order valence-electron chi connectivity index (χ3n) is 1.49. The highest BCUT2D eigenvalue weighted by Gasteiger charge is 2.18. The van der Waals surface area contributed by atoms with E-state index in [0.29, 0.717) is 5.56 Å². The van der Waals surface area contributed by atoms with Crippen molar-refractivity contribution >= 4 is 0 Å². The van der Waals surface area contributed by atoms with Crippen LogP contribution in [-0.4, -0.2) is 0 Å². The van der Waals surface area contributed by atoms with Crippen molar-refractivity contribution in [2.75, 3.05) is 0 Å². The predicted octanol–water partition coefficient (Wildman–Crippen LogP) is 0.992. The number of hydrogen-bond acceptors (Lipinski definition) is 2. The molecule has 0 bridgehead atoms. The molecule has 0 fully saturated rings. The topological polar surface area (TPSA) is 52.0 Å². The quantitative estimate of drug-likeness (QED) is 0.468. The lowest BCUT2D eigenvalue weighted by Crippen LogP contribution is -2.41. The highest BCUT2D eigenvalue weighted by Crippen LogP contribution is 2.13. The smallest absolute Gasteiger partial charge is 0.237 e. The number of halogens is 1. The summed E-state index contributed by atoms with van der Waals surface area (Å²) in [5.41, 5.74) is 11.4. The first-order valence-corrected chi connectivity index (χ1v) is 3.34. The molecule has 60 valence electrons. The van der Waals surface area contributed by atoms with E-state index in [1.165, 1.54) is 0 Å².